The first-order valence-corrected chi connectivity index (χ1v) is 17.1. The second-order valence-corrected chi connectivity index (χ2v) is 12.2. The predicted octanol–water partition coefficient (Wildman–Crippen LogP) is 9.43. The van der Waals surface area contributed by atoms with E-state index in [2.05, 4.69) is 82.3 Å². The summed E-state index contributed by atoms with van der Waals surface area (Å²) in [5.41, 5.74) is 7.83. The number of benzene rings is 4. The third-order valence-electron chi connectivity index (χ3n) is 8.30. The van der Waals surface area contributed by atoms with Crippen molar-refractivity contribution >= 4 is 5.69 Å². The molecule has 7 heteroatoms. The van der Waals surface area contributed by atoms with Crippen molar-refractivity contribution in [1.29, 1.82) is 0 Å². The van der Waals surface area contributed by atoms with Gasteiger partial charge in [-0.2, -0.15) is 0 Å². The van der Waals surface area contributed by atoms with Crippen LogP contribution in [0.2, 0.25) is 0 Å². The van der Waals surface area contributed by atoms with Crippen molar-refractivity contribution < 1.29 is 23.9 Å². The van der Waals surface area contributed by atoms with E-state index in [1.54, 1.807) is 12.1 Å². The summed E-state index contributed by atoms with van der Waals surface area (Å²) in [7, 11) is 0. The Hall–Kier alpha value is -4.52. The molecule has 5 rings (SSSR count). The van der Waals surface area contributed by atoms with E-state index in [-0.39, 0.29) is 10.6 Å². The summed E-state index contributed by atoms with van der Waals surface area (Å²) in [4.78, 5) is 12.0. The van der Waals surface area contributed by atoms with Crippen molar-refractivity contribution in [2.75, 3.05) is 26.4 Å². The first-order valence-electron chi connectivity index (χ1n) is 17.1. The number of nitro groups is 1. The molecule has 0 spiro atoms. The molecular formula is C40H47NO6. The number of nitrogens with zero attached hydrogens (tertiary/aromatic N) is 1. The summed E-state index contributed by atoms with van der Waals surface area (Å²) < 4.78 is 25.9. The highest BCUT2D eigenvalue weighted by molar-refractivity contribution is 5.58. The fourth-order valence-electron chi connectivity index (χ4n) is 6.23. The molecule has 0 aliphatic heterocycles. The first kappa shape index (κ1) is 33.8. The van der Waals surface area contributed by atoms with E-state index in [0.717, 1.165) is 87.4 Å². The smallest absolute Gasteiger partial charge is 0.270 e. The highest BCUT2D eigenvalue weighted by Gasteiger charge is 2.24. The van der Waals surface area contributed by atoms with Crippen LogP contribution in [0, 0.1) is 10.1 Å². The Bertz CT molecular complexity index is 1580. The maximum Gasteiger partial charge on any atom is 0.270 e. The van der Waals surface area contributed by atoms with Crippen LogP contribution in [0.5, 0.6) is 23.0 Å². The Kier molecular flexibility index (Phi) is 11.8. The molecule has 0 amide bonds. The lowest BCUT2D eigenvalue weighted by atomic mass is 9.91. The van der Waals surface area contributed by atoms with Crippen LogP contribution in [0.15, 0.2) is 66.7 Å². The Morgan fingerprint density at radius 1 is 0.489 bits per heavy atom. The molecule has 0 saturated heterocycles. The van der Waals surface area contributed by atoms with Gasteiger partial charge in [-0.05, 0) is 59.1 Å². The largest absolute Gasteiger partial charge is 0.493 e. The number of ether oxygens (including phenoxy) is 4. The SMILES string of the molecule is CCCOc1c2cccc1Cc1cccc(c1OCCC)Cc1cc([N+](=O)[O-])cc(c1OCCC)Cc1cccc(c1OCCC)C2. The minimum Gasteiger partial charge on any atom is -0.493 e. The molecule has 0 atom stereocenters. The van der Waals surface area contributed by atoms with Crippen molar-refractivity contribution in [3.05, 3.63) is 121 Å². The standard InChI is InChI=1S/C40H47NO6/c1-5-18-44-37-28-12-9-13-29(37)23-31-15-11-17-33(39(31)46-20-7-3)25-35-27-36(41(42)43)26-34(40(35)47-21-8-4)24-32-16-10-14-30(22-28)38(32)45-19-6-2/h9-17,26-27H,5-8,18-25H2,1-4H3. The zero-order chi connectivity index (χ0) is 33.2. The van der Waals surface area contributed by atoms with Crippen LogP contribution in [-0.4, -0.2) is 31.4 Å². The van der Waals surface area contributed by atoms with E-state index in [0.29, 0.717) is 57.9 Å². The van der Waals surface area contributed by atoms with Gasteiger partial charge in [0, 0.05) is 48.9 Å². The van der Waals surface area contributed by atoms with Crippen LogP contribution < -0.4 is 18.9 Å². The van der Waals surface area contributed by atoms with Gasteiger partial charge < -0.3 is 18.9 Å². The van der Waals surface area contributed by atoms with Gasteiger partial charge in [-0.15, -0.1) is 0 Å². The third-order valence-corrected chi connectivity index (χ3v) is 8.30. The molecule has 47 heavy (non-hydrogen) atoms. The predicted molar refractivity (Wildman–Crippen MR) is 187 cm³/mol. The molecule has 1 aliphatic rings. The minimum absolute atomic E-state index is 0.0482. The molecule has 0 unspecified atom stereocenters. The van der Waals surface area contributed by atoms with E-state index >= 15 is 0 Å². The zero-order valence-electron chi connectivity index (χ0n) is 28.2. The van der Waals surface area contributed by atoms with Gasteiger partial charge in [0.25, 0.3) is 5.69 Å². The van der Waals surface area contributed by atoms with Gasteiger partial charge in [-0.3, -0.25) is 10.1 Å². The summed E-state index contributed by atoms with van der Waals surface area (Å²) in [6, 6.07) is 22.2. The van der Waals surface area contributed by atoms with E-state index < -0.39 is 0 Å². The van der Waals surface area contributed by atoms with Gasteiger partial charge in [0.1, 0.15) is 23.0 Å². The number of non-ortho nitro benzene ring substituents is 1. The van der Waals surface area contributed by atoms with E-state index in [1.807, 2.05) is 0 Å². The molecule has 0 N–H and O–H groups in total. The van der Waals surface area contributed by atoms with Gasteiger partial charge in [-0.25, -0.2) is 0 Å². The van der Waals surface area contributed by atoms with Crippen LogP contribution in [0.3, 0.4) is 0 Å². The highest BCUT2D eigenvalue weighted by Crippen LogP contribution is 2.40. The quantitative estimate of drug-likeness (QED) is 0.0945. The molecule has 248 valence electrons. The van der Waals surface area contributed by atoms with Crippen molar-refractivity contribution in [3.8, 4) is 23.0 Å². The number of fused-ring (bicyclic) bond motifs is 8. The molecule has 0 saturated carbocycles. The van der Waals surface area contributed by atoms with Gasteiger partial charge in [0.05, 0.1) is 31.4 Å². The lowest BCUT2D eigenvalue weighted by Crippen LogP contribution is -2.10. The normalized spacial score (nSPS) is 12.3. The topological polar surface area (TPSA) is 80.1 Å². The Balaban J connectivity index is 1.80. The number of para-hydroxylation sites is 3. The number of nitro benzene ring substituents is 1. The molecule has 0 heterocycles. The Morgan fingerprint density at radius 3 is 1.00 bits per heavy atom. The zero-order valence-corrected chi connectivity index (χ0v) is 28.2. The van der Waals surface area contributed by atoms with Gasteiger partial charge in [0.2, 0.25) is 0 Å². The second kappa shape index (κ2) is 16.3. The van der Waals surface area contributed by atoms with Gasteiger partial charge >= 0.3 is 0 Å². The van der Waals surface area contributed by atoms with Crippen LogP contribution in [0.1, 0.15) is 97.9 Å². The van der Waals surface area contributed by atoms with E-state index in [9.17, 15) is 10.1 Å². The van der Waals surface area contributed by atoms with Crippen LogP contribution in [0.25, 0.3) is 0 Å². The molecule has 8 bridgehead atoms. The Labute approximate surface area is 279 Å². The molecule has 1 aliphatic carbocycles. The fourth-order valence-corrected chi connectivity index (χ4v) is 6.23. The van der Waals surface area contributed by atoms with Crippen LogP contribution in [0.4, 0.5) is 5.69 Å². The fraction of sp³-hybridized carbons (Fsp3) is 0.400. The summed E-state index contributed by atoms with van der Waals surface area (Å²) in [6.45, 7) is 10.6. The molecule has 0 aromatic heterocycles. The Morgan fingerprint density at radius 2 is 0.745 bits per heavy atom. The molecule has 0 radical (unpaired) electrons. The van der Waals surface area contributed by atoms with Gasteiger partial charge in [0.15, 0.2) is 0 Å². The van der Waals surface area contributed by atoms with Crippen molar-refractivity contribution in [1.82, 2.24) is 0 Å². The van der Waals surface area contributed by atoms with Crippen molar-refractivity contribution in [2.24, 2.45) is 0 Å². The van der Waals surface area contributed by atoms with E-state index in [4.69, 9.17) is 18.9 Å². The average Bonchev–Trinajstić information content (AvgIpc) is 3.06. The summed E-state index contributed by atoms with van der Waals surface area (Å²) in [5.74, 6) is 3.26. The van der Waals surface area contributed by atoms with E-state index in [1.165, 1.54) is 0 Å². The lowest BCUT2D eigenvalue weighted by Gasteiger charge is -2.22. The molecular weight excluding hydrogens is 590 g/mol. The maximum absolute atomic E-state index is 12.3. The number of rotatable bonds is 13. The monoisotopic (exact) mass is 637 g/mol. The first-order chi connectivity index (χ1) is 23.0. The van der Waals surface area contributed by atoms with Crippen LogP contribution in [-0.2, 0) is 25.7 Å². The second-order valence-electron chi connectivity index (χ2n) is 12.2. The lowest BCUT2D eigenvalue weighted by molar-refractivity contribution is -0.385. The number of hydrogen-bond donors (Lipinski definition) is 0. The highest BCUT2D eigenvalue weighted by atomic mass is 16.6. The summed E-state index contributed by atoms with van der Waals surface area (Å²) >= 11 is 0. The maximum atomic E-state index is 12.3. The van der Waals surface area contributed by atoms with Gasteiger partial charge in [-0.1, -0.05) is 82.3 Å². The van der Waals surface area contributed by atoms with Crippen molar-refractivity contribution in [3.63, 3.8) is 0 Å². The van der Waals surface area contributed by atoms with Crippen LogP contribution >= 0.6 is 0 Å². The molecule has 4 aromatic carbocycles. The molecule has 4 aromatic rings. The third kappa shape index (κ3) is 8.07. The molecule has 7 nitrogen and oxygen atoms in total. The minimum atomic E-state index is -0.310. The summed E-state index contributed by atoms with van der Waals surface area (Å²) in [6.07, 6.45) is 5.55. The molecule has 0 fully saturated rings. The number of hydrogen-bond acceptors (Lipinski definition) is 6. The summed E-state index contributed by atoms with van der Waals surface area (Å²) in [5, 5.41) is 12.3. The average molecular weight is 638 g/mol. The van der Waals surface area contributed by atoms with Crippen molar-refractivity contribution in [2.45, 2.75) is 79.1 Å².